The zero-order valence-corrected chi connectivity index (χ0v) is 12.0. The van der Waals surface area contributed by atoms with E-state index in [1.165, 1.54) is 18.3 Å². The maximum Gasteiger partial charge on any atom is 0.324 e. The van der Waals surface area contributed by atoms with Crippen LogP contribution in [0.25, 0.3) is 0 Å². The predicted octanol–water partition coefficient (Wildman–Crippen LogP) is 4.11. The van der Waals surface area contributed by atoms with Gasteiger partial charge in [-0.05, 0) is 30.2 Å². The van der Waals surface area contributed by atoms with E-state index < -0.39 is 28.9 Å². The van der Waals surface area contributed by atoms with E-state index in [2.05, 4.69) is 11.6 Å². The normalized spacial score (nSPS) is 20.3. The summed E-state index contributed by atoms with van der Waals surface area (Å²) in [6.07, 6.45) is 3.46. The first-order chi connectivity index (χ1) is 10.9. The van der Waals surface area contributed by atoms with Crippen LogP contribution in [0.4, 0.5) is 17.6 Å². The fourth-order valence-electron chi connectivity index (χ4n) is 2.50. The molecule has 0 bridgehead atoms. The molecular formula is C17H13F4NO. The van der Waals surface area contributed by atoms with E-state index in [1.54, 1.807) is 6.08 Å². The van der Waals surface area contributed by atoms with Crippen molar-refractivity contribution in [3.05, 3.63) is 77.6 Å². The molecule has 1 aromatic carbocycles. The van der Waals surface area contributed by atoms with Crippen LogP contribution in [-0.2, 0) is 22.7 Å². The molecule has 6 heteroatoms. The summed E-state index contributed by atoms with van der Waals surface area (Å²) in [6, 6.07) is 5.17. The zero-order valence-electron chi connectivity index (χ0n) is 12.0. The van der Waals surface area contributed by atoms with Crippen molar-refractivity contribution in [2.24, 2.45) is 0 Å². The van der Waals surface area contributed by atoms with E-state index in [9.17, 15) is 17.6 Å². The van der Waals surface area contributed by atoms with Crippen LogP contribution in [0.5, 0.6) is 0 Å². The smallest absolute Gasteiger partial charge is 0.324 e. The number of hydrogen-bond acceptors (Lipinski definition) is 2. The Kier molecular flexibility index (Phi) is 3.72. The first-order valence-corrected chi connectivity index (χ1v) is 6.94. The van der Waals surface area contributed by atoms with Gasteiger partial charge in [0.15, 0.2) is 5.60 Å². The van der Waals surface area contributed by atoms with Crippen molar-refractivity contribution in [2.75, 3.05) is 6.61 Å². The molecule has 1 saturated heterocycles. The fourth-order valence-corrected chi connectivity index (χ4v) is 2.50. The second-order valence-electron chi connectivity index (χ2n) is 5.36. The highest BCUT2D eigenvalue weighted by Crippen LogP contribution is 2.56. The predicted molar refractivity (Wildman–Crippen MR) is 76.0 cm³/mol. The lowest BCUT2D eigenvalue weighted by Crippen LogP contribution is -2.34. The van der Waals surface area contributed by atoms with Crippen molar-refractivity contribution in [2.45, 2.75) is 17.9 Å². The van der Waals surface area contributed by atoms with Gasteiger partial charge in [0.1, 0.15) is 17.3 Å². The van der Waals surface area contributed by atoms with Crippen molar-refractivity contribution in [3.8, 4) is 0 Å². The van der Waals surface area contributed by atoms with Gasteiger partial charge in [0.05, 0.1) is 6.61 Å². The SMILES string of the molecule is C=CCc1ccc(C(F)(F)C2(c3ccc(F)cc3F)CO2)nc1. The monoisotopic (exact) mass is 323 g/mol. The van der Waals surface area contributed by atoms with Crippen LogP contribution < -0.4 is 0 Å². The summed E-state index contributed by atoms with van der Waals surface area (Å²) in [6.45, 7) is 3.20. The van der Waals surface area contributed by atoms with Gasteiger partial charge in [-0.25, -0.2) is 8.78 Å². The van der Waals surface area contributed by atoms with Crippen LogP contribution in [0.15, 0.2) is 49.2 Å². The molecule has 1 atom stereocenters. The van der Waals surface area contributed by atoms with Gasteiger partial charge in [0.25, 0.3) is 0 Å². The summed E-state index contributed by atoms with van der Waals surface area (Å²) in [7, 11) is 0. The number of hydrogen-bond donors (Lipinski definition) is 0. The lowest BCUT2D eigenvalue weighted by atomic mass is 9.90. The Bertz CT molecular complexity index is 739. The van der Waals surface area contributed by atoms with Crippen molar-refractivity contribution in [1.82, 2.24) is 4.98 Å². The molecule has 0 amide bonds. The molecule has 1 unspecified atom stereocenters. The number of pyridine rings is 1. The highest BCUT2D eigenvalue weighted by molar-refractivity contribution is 5.35. The second-order valence-corrected chi connectivity index (χ2v) is 5.36. The minimum absolute atomic E-state index is 0.362. The van der Waals surface area contributed by atoms with E-state index in [0.29, 0.717) is 12.5 Å². The average molecular weight is 323 g/mol. The van der Waals surface area contributed by atoms with Crippen LogP contribution in [0.1, 0.15) is 16.8 Å². The van der Waals surface area contributed by atoms with Crippen LogP contribution in [0, 0.1) is 11.6 Å². The molecule has 2 heterocycles. The van der Waals surface area contributed by atoms with Gasteiger partial charge in [-0.2, -0.15) is 8.78 Å². The van der Waals surface area contributed by atoms with Gasteiger partial charge >= 0.3 is 5.92 Å². The number of epoxide rings is 1. The van der Waals surface area contributed by atoms with Gasteiger partial charge in [-0.1, -0.05) is 12.1 Å². The van der Waals surface area contributed by atoms with Crippen molar-refractivity contribution >= 4 is 0 Å². The van der Waals surface area contributed by atoms with E-state index in [1.807, 2.05) is 0 Å². The molecule has 0 aliphatic carbocycles. The molecule has 120 valence electrons. The molecule has 1 aromatic heterocycles. The molecular weight excluding hydrogens is 310 g/mol. The van der Waals surface area contributed by atoms with Gasteiger partial charge < -0.3 is 4.74 Å². The number of benzene rings is 1. The topological polar surface area (TPSA) is 25.4 Å². The van der Waals surface area contributed by atoms with Gasteiger partial charge in [0, 0.05) is 17.8 Å². The molecule has 2 aromatic rings. The molecule has 0 saturated carbocycles. The Morgan fingerprint density at radius 2 is 2.00 bits per heavy atom. The largest absolute Gasteiger partial charge is 0.357 e. The van der Waals surface area contributed by atoms with E-state index in [0.717, 1.165) is 17.7 Å². The third-order valence-electron chi connectivity index (χ3n) is 3.83. The first-order valence-electron chi connectivity index (χ1n) is 6.94. The highest BCUT2D eigenvalue weighted by atomic mass is 19.3. The van der Waals surface area contributed by atoms with E-state index in [4.69, 9.17) is 4.74 Å². The molecule has 0 N–H and O–H groups in total. The summed E-state index contributed by atoms with van der Waals surface area (Å²) in [5.74, 6) is -5.44. The molecule has 0 radical (unpaired) electrons. The van der Waals surface area contributed by atoms with Gasteiger partial charge in [-0.3, -0.25) is 4.98 Å². The standard InChI is InChI=1S/C17H13F4NO/c1-2-3-11-4-7-15(22-9-11)17(20,21)16(10-23-16)13-6-5-12(18)8-14(13)19/h2,4-9H,1,3,10H2. The maximum atomic E-state index is 14.8. The van der Waals surface area contributed by atoms with Gasteiger partial charge in [-0.15, -0.1) is 6.58 Å². The number of halogens is 4. The Balaban J connectivity index is 1.99. The summed E-state index contributed by atoms with van der Waals surface area (Å²) in [5, 5.41) is 0. The summed E-state index contributed by atoms with van der Waals surface area (Å²) < 4.78 is 61.5. The lowest BCUT2D eigenvalue weighted by Gasteiger charge is -2.24. The molecule has 1 aliphatic rings. The first kappa shape index (κ1) is 15.7. The van der Waals surface area contributed by atoms with Crippen molar-refractivity contribution in [3.63, 3.8) is 0 Å². The summed E-state index contributed by atoms with van der Waals surface area (Å²) >= 11 is 0. The maximum absolute atomic E-state index is 14.8. The summed E-state index contributed by atoms with van der Waals surface area (Å²) in [4.78, 5) is 3.77. The minimum atomic E-state index is -3.54. The van der Waals surface area contributed by atoms with Crippen LogP contribution in [-0.4, -0.2) is 11.6 Å². The van der Waals surface area contributed by atoms with E-state index in [-0.39, 0.29) is 12.2 Å². The number of nitrogens with zero attached hydrogens (tertiary/aromatic N) is 1. The highest BCUT2D eigenvalue weighted by Gasteiger charge is 2.68. The molecule has 23 heavy (non-hydrogen) atoms. The number of aromatic nitrogens is 1. The molecule has 3 rings (SSSR count). The Morgan fingerprint density at radius 1 is 1.26 bits per heavy atom. The number of ether oxygens (including phenoxy) is 1. The fraction of sp³-hybridized carbons (Fsp3) is 0.235. The third-order valence-corrected chi connectivity index (χ3v) is 3.83. The molecule has 1 aliphatic heterocycles. The zero-order chi connectivity index (χ0) is 16.7. The number of alkyl halides is 2. The number of allylic oxidation sites excluding steroid dienone is 1. The minimum Gasteiger partial charge on any atom is -0.357 e. The van der Waals surface area contributed by atoms with E-state index >= 15 is 0 Å². The molecule has 2 nitrogen and oxygen atoms in total. The molecule has 0 spiro atoms. The van der Waals surface area contributed by atoms with Crippen LogP contribution in [0.3, 0.4) is 0 Å². The third kappa shape index (κ3) is 2.53. The molecule has 1 fully saturated rings. The number of rotatable bonds is 5. The Labute approximate surface area is 130 Å². The lowest BCUT2D eigenvalue weighted by molar-refractivity contribution is -0.0901. The average Bonchev–Trinajstić information content (AvgIpc) is 3.30. The van der Waals surface area contributed by atoms with Crippen molar-refractivity contribution in [1.29, 1.82) is 0 Å². The quantitative estimate of drug-likeness (QED) is 0.470. The summed E-state index contributed by atoms with van der Waals surface area (Å²) in [5.41, 5.74) is -2.30. The van der Waals surface area contributed by atoms with Gasteiger partial charge in [0.2, 0.25) is 0 Å². The second kappa shape index (κ2) is 5.45. The van der Waals surface area contributed by atoms with Crippen LogP contribution >= 0.6 is 0 Å². The van der Waals surface area contributed by atoms with Crippen LogP contribution in [0.2, 0.25) is 0 Å². The Hall–Kier alpha value is -2.21. The van der Waals surface area contributed by atoms with Crippen molar-refractivity contribution < 1.29 is 22.3 Å². The Morgan fingerprint density at radius 3 is 2.52 bits per heavy atom.